The minimum Gasteiger partial charge on any atom is -0.381 e. The van der Waals surface area contributed by atoms with Crippen molar-refractivity contribution in [2.45, 2.75) is 26.2 Å². The Labute approximate surface area is 147 Å². The Morgan fingerprint density at radius 3 is 2.80 bits per heavy atom. The van der Waals surface area contributed by atoms with Crippen molar-refractivity contribution in [1.29, 1.82) is 0 Å². The molecule has 6 nitrogen and oxygen atoms in total. The van der Waals surface area contributed by atoms with E-state index in [9.17, 15) is 13.2 Å². The van der Waals surface area contributed by atoms with Gasteiger partial charge in [-0.05, 0) is 24.5 Å². The molecule has 1 saturated heterocycles. The lowest BCUT2D eigenvalue weighted by atomic mass is 10.0. The summed E-state index contributed by atoms with van der Waals surface area (Å²) in [6, 6.07) is 8.93. The maximum atomic E-state index is 12.7. The molecule has 0 bridgehead atoms. The molecule has 2 heterocycles. The van der Waals surface area contributed by atoms with E-state index < -0.39 is 15.9 Å². The molecular weight excluding hydrogens is 340 g/mol. The summed E-state index contributed by atoms with van der Waals surface area (Å²) in [5.41, 5.74) is 1.77. The number of hydrogen-bond donors (Lipinski definition) is 1. The average molecular weight is 362 g/mol. The Kier molecular flexibility index (Phi) is 5.06. The van der Waals surface area contributed by atoms with Crippen LogP contribution in [0.1, 0.15) is 42.2 Å². The quantitative estimate of drug-likeness (QED) is 0.883. The molecule has 0 spiro atoms. The Hall–Kier alpha value is -1.99. The van der Waals surface area contributed by atoms with Crippen molar-refractivity contribution in [3.05, 3.63) is 41.6 Å². The molecule has 1 atom stereocenters. The SMILES string of the molecule is CC(C)c1cc(C(=O)NS(=O)(=O)C[C@@H]2CCOC2)c2ccccc2n1. The molecule has 0 radical (unpaired) electrons. The zero-order valence-corrected chi connectivity index (χ0v) is 15.2. The first-order valence-corrected chi connectivity index (χ1v) is 10.0. The fourth-order valence-corrected chi connectivity index (χ4v) is 4.30. The molecule has 1 fully saturated rings. The molecule has 1 N–H and O–H groups in total. The van der Waals surface area contributed by atoms with Crippen LogP contribution in [0.4, 0.5) is 0 Å². The van der Waals surface area contributed by atoms with Gasteiger partial charge in [0.15, 0.2) is 0 Å². The summed E-state index contributed by atoms with van der Waals surface area (Å²) in [4.78, 5) is 17.2. The van der Waals surface area contributed by atoms with Gasteiger partial charge in [0.2, 0.25) is 10.0 Å². The Morgan fingerprint density at radius 2 is 2.12 bits per heavy atom. The minimum absolute atomic E-state index is 0.0642. The van der Waals surface area contributed by atoms with Gasteiger partial charge in [-0.25, -0.2) is 13.1 Å². The maximum absolute atomic E-state index is 12.7. The van der Waals surface area contributed by atoms with Crippen LogP contribution in [0.25, 0.3) is 10.9 Å². The van der Waals surface area contributed by atoms with E-state index in [1.54, 1.807) is 18.2 Å². The number of rotatable bonds is 5. The fourth-order valence-electron chi connectivity index (χ4n) is 2.94. The number of benzene rings is 1. The molecule has 1 aromatic carbocycles. The molecule has 1 aliphatic rings. The molecule has 2 aromatic rings. The molecule has 134 valence electrons. The fraction of sp³-hybridized carbons (Fsp3) is 0.444. The summed E-state index contributed by atoms with van der Waals surface area (Å²) < 4.78 is 32.1. The lowest BCUT2D eigenvalue weighted by Crippen LogP contribution is -2.35. The number of aromatic nitrogens is 1. The normalized spacial score (nSPS) is 18.0. The van der Waals surface area contributed by atoms with Crippen molar-refractivity contribution in [3.8, 4) is 0 Å². The lowest BCUT2D eigenvalue weighted by molar-refractivity contribution is 0.0982. The van der Waals surface area contributed by atoms with Crippen LogP contribution in [0, 0.1) is 5.92 Å². The van der Waals surface area contributed by atoms with Crippen LogP contribution < -0.4 is 4.72 Å². The number of para-hydroxylation sites is 1. The summed E-state index contributed by atoms with van der Waals surface area (Å²) in [5.74, 6) is -0.646. The van der Waals surface area contributed by atoms with Gasteiger partial charge in [-0.3, -0.25) is 9.78 Å². The molecule has 0 saturated carbocycles. The van der Waals surface area contributed by atoms with Crippen molar-refractivity contribution in [2.24, 2.45) is 5.92 Å². The van der Waals surface area contributed by atoms with Gasteiger partial charge in [0, 0.05) is 23.6 Å². The molecular formula is C18H22N2O4S. The van der Waals surface area contributed by atoms with E-state index in [2.05, 4.69) is 9.71 Å². The van der Waals surface area contributed by atoms with Crippen molar-refractivity contribution < 1.29 is 17.9 Å². The lowest BCUT2D eigenvalue weighted by Gasteiger charge is -2.13. The minimum atomic E-state index is -3.71. The Balaban J connectivity index is 1.90. The van der Waals surface area contributed by atoms with E-state index >= 15 is 0 Å². The zero-order chi connectivity index (χ0) is 18.0. The monoisotopic (exact) mass is 362 g/mol. The van der Waals surface area contributed by atoms with Crippen LogP contribution in [0.15, 0.2) is 30.3 Å². The summed E-state index contributed by atoms with van der Waals surface area (Å²) in [5, 5.41) is 0.642. The Morgan fingerprint density at radius 1 is 1.36 bits per heavy atom. The first kappa shape index (κ1) is 17.8. The average Bonchev–Trinajstić information content (AvgIpc) is 3.05. The third-order valence-electron chi connectivity index (χ3n) is 4.30. The van der Waals surface area contributed by atoms with E-state index in [4.69, 9.17) is 4.74 Å². The van der Waals surface area contributed by atoms with Crippen LogP contribution in [0.3, 0.4) is 0 Å². The van der Waals surface area contributed by atoms with Crippen molar-refractivity contribution in [1.82, 2.24) is 9.71 Å². The van der Waals surface area contributed by atoms with Gasteiger partial charge in [0.25, 0.3) is 5.91 Å². The van der Waals surface area contributed by atoms with E-state index in [-0.39, 0.29) is 17.6 Å². The van der Waals surface area contributed by atoms with Gasteiger partial charge < -0.3 is 4.74 Å². The number of fused-ring (bicyclic) bond motifs is 1. The third kappa shape index (κ3) is 4.16. The second-order valence-electron chi connectivity index (χ2n) is 6.71. The number of carbonyl (C=O) groups excluding carboxylic acids is 1. The summed E-state index contributed by atoms with van der Waals surface area (Å²) in [6.07, 6.45) is 0.699. The number of pyridine rings is 1. The van der Waals surface area contributed by atoms with E-state index in [1.807, 2.05) is 26.0 Å². The number of carbonyl (C=O) groups is 1. The van der Waals surface area contributed by atoms with Gasteiger partial charge in [-0.15, -0.1) is 0 Å². The highest BCUT2D eigenvalue weighted by Gasteiger charge is 2.26. The summed E-state index contributed by atoms with van der Waals surface area (Å²) in [7, 11) is -3.71. The first-order valence-electron chi connectivity index (χ1n) is 8.38. The van der Waals surface area contributed by atoms with Crippen molar-refractivity contribution in [3.63, 3.8) is 0 Å². The maximum Gasteiger partial charge on any atom is 0.265 e. The van der Waals surface area contributed by atoms with Crippen molar-refractivity contribution >= 4 is 26.8 Å². The number of nitrogens with one attached hydrogen (secondary N) is 1. The largest absolute Gasteiger partial charge is 0.381 e. The van der Waals surface area contributed by atoms with Crippen LogP contribution in [-0.2, 0) is 14.8 Å². The van der Waals surface area contributed by atoms with Crippen molar-refractivity contribution in [2.75, 3.05) is 19.0 Å². The van der Waals surface area contributed by atoms with Gasteiger partial charge in [0.1, 0.15) is 0 Å². The highest BCUT2D eigenvalue weighted by molar-refractivity contribution is 7.90. The van der Waals surface area contributed by atoms with Crippen LogP contribution >= 0.6 is 0 Å². The first-order chi connectivity index (χ1) is 11.9. The van der Waals surface area contributed by atoms with Gasteiger partial charge in [0.05, 0.1) is 23.4 Å². The van der Waals surface area contributed by atoms with Gasteiger partial charge >= 0.3 is 0 Å². The number of amides is 1. The number of hydrogen-bond acceptors (Lipinski definition) is 5. The van der Waals surface area contributed by atoms with Gasteiger partial charge in [-0.2, -0.15) is 0 Å². The standard InChI is InChI=1S/C18H22N2O4S/c1-12(2)17-9-15(14-5-3-4-6-16(14)19-17)18(21)20-25(22,23)11-13-7-8-24-10-13/h3-6,9,12-13H,7-8,10-11H2,1-2H3,(H,20,21)/t13-/m1/s1. The van der Waals surface area contributed by atoms with E-state index in [1.165, 1.54) is 0 Å². The highest BCUT2D eigenvalue weighted by atomic mass is 32.2. The molecule has 1 aliphatic heterocycles. The molecule has 1 amide bonds. The number of ether oxygens (including phenoxy) is 1. The highest BCUT2D eigenvalue weighted by Crippen LogP contribution is 2.23. The predicted molar refractivity (Wildman–Crippen MR) is 96.0 cm³/mol. The smallest absolute Gasteiger partial charge is 0.265 e. The predicted octanol–water partition coefficient (Wildman–Crippen LogP) is 2.45. The second kappa shape index (κ2) is 7.09. The Bertz CT molecular complexity index is 887. The molecule has 7 heteroatoms. The van der Waals surface area contributed by atoms with Gasteiger partial charge in [-0.1, -0.05) is 32.0 Å². The van der Waals surface area contributed by atoms with Crippen LogP contribution in [0.5, 0.6) is 0 Å². The molecule has 3 rings (SSSR count). The van der Waals surface area contributed by atoms with E-state index in [0.29, 0.717) is 36.1 Å². The van der Waals surface area contributed by atoms with Crippen LogP contribution in [-0.4, -0.2) is 38.3 Å². The number of nitrogens with zero attached hydrogens (tertiary/aromatic N) is 1. The summed E-state index contributed by atoms with van der Waals surface area (Å²) in [6.45, 7) is 4.96. The molecule has 25 heavy (non-hydrogen) atoms. The second-order valence-corrected chi connectivity index (χ2v) is 8.48. The molecule has 0 aliphatic carbocycles. The molecule has 0 unspecified atom stereocenters. The van der Waals surface area contributed by atoms with E-state index in [0.717, 1.165) is 5.69 Å². The zero-order valence-electron chi connectivity index (χ0n) is 14.4. The summed E-state index contributed by atoms with van der Waals surface area (Å²) >= 11 is 0. The third-order valence-corrected chi connectivity index (χ3v) is 5.71. The number of sulfonamides is 1. The topological polar surface area (TPSA) is 85.4 Å². The van der Waals surface area contributed by atoms with Crippen LogP contribution in [0.2, 0.25) is 0 Å². The molecule has 1 aromatic heterocycles.